The molecule has 1 N–H and O–H groups in total. The molecule has 0 aliphatic carbocycles. The molecule has 1 amide bonds. The number of hydrogen-bond donors (Lipinski definition) is 1. The minimum atomic E-state index is -1.06. The molecule has 4 heteroatoms. The van der Waals surface area contributed by atoms with E-state index in [9.17, 15) is 9.90 Å². The second-order valence-electron chi connectivity index (χ2n) is 5.63. The van der Waals surface area contributed by atoms with E-state index in [1.165, 1.54) is 0 Å². The molecule has 0 unspecified atom stereocenters. The number of benzene rings is 1. The van der Waals surface area contributed by atoms with Gasteiger partial charge in [-0.2, -0.15) is 0 Å². The Morgan fingerprint density at radius 3 is 2.76 bits per heavy atom. The molecule has 4 nitrogen and oxygen atoms in total. The topological polar surface area (TPSA) is 49.8 Å². The number of aliphatic hydroxyl groups excluding tert-OH is 1. The lowest BCUT2D eigenvalue weighted by atomic mass is 10.0. The third-order valence-electron chi connectivity index (χ3n) is 3.62. The lowest BCUT2D eigenvalue weighted by molar-refractivity contribution is -0.157. The van der Waals surface area contributed by atoms with E-state index in [0.717, 1.165) is 11.1 Å². The Labute approximate surface area is 126 Å². The predicted molar refractivity (Wildman–Crippen MR) is 81.7 cm³/mol. The largest absolute Gasteiger partial charge is 0.381 e. The molecular formula is C17H23NO3. The van der Waals surface area contributed by atoms with Gasteiger partial charge < -0.3 is 14.7 Å². The number of aliphatic hydroxyl groups is 1. The Morgan fingerprint density at radius 1 is 1.38 bits per heavy atom. The first-order valence-electron chi connectivity index (χ1n) is 7.33. The fourth-order valence-corrected chi connectivity index (χ4v) is 2.37. The van der Waals surface area contributed by atoms with Crippen LogP contribution < -0.4 is 0 Å². The zero-order chi connectivity index (χ0) is 15.2. The Bertz CT molecular complexity index is 494. The number of ether oxygens (including phenoxy) is 1. The van der Waals surface area contributed by atoms with Crippen molar-refractivity contribution in [3.05, 3.63) is 47.5 Å². The molecule has 1 aliphatic heterocycles. The molecule has 0 aromatic heterocycles. The molecule has 0 bridgehead atoms. The molecular weight excluding hydrogens is 266 g/mol. The Balaban J connectivity index is 1.90. The van der Waals surface area contributed by atoms with E-state index in [0.29, 0.717) is 26.1 Å². The molecule has 1 aromatic carbocycles. The number of rotatable bonds is 5. The van der Waals surface area contributed by atoms with Crippen molar-refractivity contribution in [1.29, 1.82) is 0 Å². The molecule has 0 saturated carbocycles. The van der Waals surface area contributed by atoms with Crippen LogP contribution in [-0.2, 0) is 16.1 Å². The highest BCUT2D eigenvalue weighted by Gasteiger charge is 2.35. The van der Waals surface area contributed by atoms with Gasteiger partial charge in [0.05, 0.1) is 12.7 Å². The molecule has 0 spiro atoms. The van der Waals surface area contributed by atoms with Gasteiger partial charge in [0, 0.05) is 13.1 Å². The molecule has 1 aliphatic rings. The van der Waals surface area contributed by atoms with Crippen molar-refractivity contribution in [3.63, 3.8) is 0 Å². The van der Waals surface area contributed by atoms with Crippen LogP contribution in [0.4, 0.5) is 0 Å². The van der Waals surface area contributed by atoms with Gasteiger partial charge in [-0.05, 0) is 25.8 Å². The van der Waals surface area contributed by atoms with Gasteiger partial charge in [0.25, 0.3) is 5.91 Å². The van der Waals surface area contributed by atoms with Crippen molar-refractivity contribution in [1.82, 2.24) is 4.90 Å². The average molecular weight is 289 g/mol. The summed E-state index contributed by atoms with van der Waals surface area (Å²) in [6, 6.07) is 9.81. The first-order valence-corrected chi connectivity index (χ1v) is 7.33. The highest BCUT2D eigenvalue weighted by molar-refractivity contribution is 5.82. The summed E-state index contributed by atoms with van der Waals surface area (Å²) >= 11 is 0. The molecule has 2 atom stereocenters. The number of nitrogens with zero attached hydrogens (tertiary/aromatic N) is 1. The Kier molecular flexibility index (Phi) is 5.53. The van der Waals surface area contributed by atoms with Crippen molar-refractivity contribution in [2.75, 3.05) is 13.2 Å². The third kappa shape index (κ3) is 4.41. The van der Waals surface area contributed by atoms with Crippen LogP contribution in [0, 0.1) is 0 Å². The van der Waals surface area contributed by atoms with Crippen LogP contribution >= 0.6 is 0 Å². The number of likely N-dealkylation sites (tertiary alicyclic amines) is 1. The molecule has 2 rings (SSSR count). The van der Waals surface area contributed by atoms with E-state index in [4.69, 9.17) is 4.74 Å². The minimum absolute atomic E-state index is 0.243. The van der Waals surface area contributed by atoms with Crippen LogP contribution in [0.2, 0.25) is 0 Å². The molecule has 1 heterocycles. The summed E-state index contributed by atoms with van der Waals surface area (Å²) in [4.78, 5) is 13.9. The second kappa shape index (κ2) is 7.38. The monoisotopic (exact) mass is 289 g/mol. The van der Waals surface area contributed by atoms with Crippen LogP contribution in [0.25, 0.3) is 0 Å². The number of hydrogen-bond acceptors (Lipinski definition) is 3. The number of piperidine rings is 1. The normalized spacial score (nSPS) is 22.2. The van der Waals surface area contributed by atoms with E-state index >= 15 is 0 Å². The maximum Gasteiger partial charge on any atom is 0.254 e. The van der Waals surface area contributed by atoms with Gasteiger partial charge in [-0.3, -0.25) is 4.79 Å². The van der Waals surface area contributed by atoms with E-state index in [-0.39, 0.29) is 5.91 Å². The lowest BCUT2D eigenvalue weighted by Crippen LogP contribution is -2.51. The zero-order valence-corrected chi connectivity index (χ0v) is 12.7. The summed E-state index contributed by atoms with van der Waals surface area (Å²) in [5, 5.41) is 10.1. The fraction of sp³-hybridized carbons (Fsp3) is 0.471. The van der Waals surface area contributed by atoms with E-state index in [1.807, 2.05) is 50.3 Å². The average Bonchev–Trinajstić information content (AvgIpc) is 2.47. The Hall–Kier alpha value is -1.65. The zero-order valence-electron chi connectivity index (χ0n) is 12.7. The van der Waals surface area contributed by atoms with Crippen LogP contribution in [0.1, 0.15) is 25.8 Å². The smallest absolute Gasteiger partial charge is 0.254 e. The van der Waals surface area contributed by atoms with E-state index < -0.39 is 12.2 Å². The second-order valence-corrected chi connectivity index (χ2v) is 5.63. The summed E-state index contributed by atoms with van der Waals surface area (Å²) in [6.07, 6.45) is 1.15. The Morgan fingerprint density at radius 2 is 2.10 bits per heavy atom. The summed E-state index contributed by atoms with van der Waals surface area (Å²) < 4.78 is 5.60. The van der Waals surface area contributed by atoms with Gasteiger partial charge >= 0.3 is 0 Å². The summed E-state index contributed by atoms with van der Waals surface area (Å²) in [6.45, 7) is 5.58. The summed E-state index contributed by atoms with van der Waals surface area (Å²) in [5.41, 5.74) is 2.24. The van der Waals surface area contributed by atoms with Gasteiger partial charge in [0.1, 0.15) is 0 Å². The summed E-state index contributed by atoms with van der Waals surface area (Å²) in [7, 11) is 0. The lowest BCUT2D eigenvalue weighted by Gasteiger charge is -2.35. The molecule has 1 fully saturated rings. The van der Waals surface area contributed by atoms with Gasteiger partial charge in [-0.15, -0.1) is 0 Å². The van der Waals surface area contributed by atoms with Gasteiger partial charge in [0.2, 0.25) is 0 Å². The van der Waals surface area contributed by atoms with E-state index in [2.05, 4.69) is 0 Å². The third-order valence-corrected chi connectivity index (χ3v) is 3.62. The van der Waals surface area contributed by atoms with Gasteiger partial charge in [-0.25, -0.2) is 0 Å². The summed E-state index contributed by atoms with van der Waals surface area (Å²) in [5.74, 6) is -0.243. The highest BCUT2D eigenvalue weighted by Crippen LogP contribution is 2.18. The first kappa shape index (κ1) is 15.7. The van der Waals surface area contributed by atoms with Crippen LogP contribution in [0.15, 0.2) is 42.0 Å². The van der Waals surface area contributed by atoms with Crippen molar-refractivity contribution in [2.24, 2.45) is 0 Å². The number of carbonyl (C=O) groups excluding carboxylic acids is 1. The minimum Gasteiger partial charge on any atom is -0.381 e. The molecule has 1 saturated heterocycles. The van der Waals surface area contributed by atoms with Crippen LogP contribution in [-0.4, -0.2) is 41.3 Å². The van der Waals surface area contributed by atoms with Gasteiger partial charge in [-0.1, -0.05) is 42.0 Å². The first-order chi connectivity index (χ1) is 10.1. The maximum absolute atomic E-state index is 12.2. The molecule has 1 aromatic rings. The molecule has 21 heavy (non-hydrogen) atoms. The predicted octanol–water partition coefficient (Wildman–Crippen LogP) is 2.13. The maximum atomic E-state index is 12.2. The fourth-order valence-electron chi connectivity index (χ4n) is 2.37. The number of amides is 1. The van der Waals surface area contributed by atoms with Crippen molar-refractivity contribution in [3.8, 4) is 0 Å². The molecule has 114 valence electrons. The van der Waals surface area contributed by atoms with Crippen LogP contribution in [0.3, 0.4) is 0 Å². The van der Waals surface area contributed by atoms with E-state index in [1.54, 1.807) is 4.90 Å². The highest BCUT2D eigenvalue weighted by atomic mass is 16.5. The number of carbonyl (C=O) groups is 1. The van der Waals surface area contributed by atoms with Crippen LogP contribution in [0.5, 0.6) is 0 Å². The van der Waals surface area contributed by atoms with Gasteiger partial charge in [0.15, 0.2) is 6.10 Å². The SMILES string of the molecule is CC(C)=CCO[C@@H]1CCN(Cc2ccccc2)C(=O)[C@H]1O. The quantitative estimate of drug-likeness (QED) is 0.845. The van der Waals surface area contributed by atoms with Crippen molar-refractivity contribution in [2.45, 2.75) is 39.0 Å². The molecule has 0 radical (unpaired) electrons. The number of allylic oxidation sites excluding steroid dienone is 1. The van der Waals surface area contributed by atoms with Crippen molar-refractivity contribution < 1.29 is 14.6 Å². The van der Waals surface area contributed by atoms with Crippen molar-refractivity contribution >= 4 is 5.91 Å². The standard InChI is InChI=1S/C17H23NO3/c1-13(2)9-11-21-15-8-10-18(17(20)16(15)19)12-14-6-4-3-5-7-14/h3-7,9,15-16,19H,8,10-12H2,1-2H3/t15-,16+/m1/s1.